The summed E-state index contributed by atoms with van der Waals surface area (Å²) in [7, 11) is -2.17. The normalized spacial score (nSPS) is 11.1. The van der Waals surface area contributed by atoms with Crippen molar-refractivity contribution in [3.8, 4) is 5.75 Å². The zero-order valence-electron chi connectivity index (χ0n) is 13.6. The third kappa shape index (κ3) is 4.33. The van der Waals surface area contributed by atoms with E-state index in [9.17, 15) is 13.2 Å². The van der Waals surface area contributed by atoms with Crippen molar-refractivity contribution in [2.24, 2.45) is 0 Å². The molecule has 2 N–H and O–H groups in total. The van der Waals surface area contributed by atoms with Crippen molar-refractivity contribution in [2.45, 2.75) is 18.2 Å². The lowest BCUT2D eigenvalue weighted by molar-refractivity contribution is 0.102. The first-order valence-electron chi connectivity index (χ1n) is 7.52. The van der Waals surface area contributed by atoms with Crippen LogP contribution in [0, 0.1) is 0 Å². The Morgan fingerprint density at radius 1 is 1.12 bits per heavy atom. The van der Waals surface area contributed by atoms with Crippen LogP contribution in [0.4, 0.5) is 5.69 Å². The van der Waals surface area contributed by atoms with Crippen LogP contribution in [-0.2, 0) is 10.0 Å². The van der Waals surface area contributed by atoms with Gasteiger partial charge in [-0.1, -0.05) is 25.1 Å². The van der Waals surface area contributed by atoms with Gasteiger partial charge in [-0.05, 0) is 36.8 Å². The van der Waals surface area contributed by atoms with Crippen LogP contribution in [0.3, 0.4) is 0 Å². The van der Waals surface area contributed by atoms with E-state index in [0.29, 0.717) is 30.0 Å². The average molecular weight is 348 g/mol. The van der Waals surface area contributed by atoms with Crippen molar-refractivity contribution in [2.75, 3.05) is 19.0 Å². The lowest BCUT2D eigenvalue weighted by Gasteiger charge is -2.13. The van der Waals surface area contributed by atoms with Gasteiger partial charge in [0.25, 0.3) is 5.91 Å². The summed E-state index contributed by atoms with van der Waals surface area (Å²) in [4.78, 5) is 12.4. The van der Waals surface area contributed by atoms with Gasteiger partial charge in [-0.2, -0.15) is 0 Å². The largest absolute Gasteiger partial charge is 0.495 e. The van der Waals surface area contributed by atoms with E-state index >= 15 is 0 Å². The van der Waals surface area contributed by atoms with E-state index in [1.165, 1.54) is 25.3 Å². The molecule has 0 aliphatic rings. The molecule has 128 valence electrons. The second kappa shape index (κ2) is 7.94. The van der Waals surface area contributed by atoms with Gasteiger partial charge in [0, 0.05) is 12.1 Å². The number of amides is 1. The quantitative estimate of drug-likeness (QED) is 0.805. The third-order valence-corrected chi connectivity index (χ3v) is 4.77. The molecular formula is C17H20N2O4S. The molecule has 0 fully saturated rings. The summed E-state index contributed by atoms with van der Waals surface area (Å²) in [6.45, 7) is 2.22. The molecule has 0 unspecified atom stereocenters. The standard InChI is InChI=1S/C17H20N2O4S/c1-3-11-18-24(21,22)14-9-10-16(23-2)15(12-14)19-17(20)13-7-5-4-6-8-13/h4-10,12,18H,3,11H2,1-2H3,(H,19,20). The van der Waals surface area contributed by atoms with Crippen LogP contribution in [0.25, 0.3) is 0 Å². The van der Waals surface area contributed by atoms with Crippen molar-refractivity contribution in [1.82, 2.24) is 4.72 Å². The molecule has 0 bridgehead atoms. The molecule has 0 saturated heterocycles. The first kappa shape index (κ1) is 18.0. The van der Waals surface area contributed by atoms with Gasteiger partial charge in [-0.15, -0.1) is 0 Å². The van der Waals surface area contributed by atoms with Crippen LogP contribution in [0.1, 0.15) is 23.7 Å². The van der Waals surface area contributed by atoms with E-state index in [0.717, 1.165) is 0 Å². The highest BCUT2D eigenvalue weighted by Crippen LogP contribution is 2.28. The molecular weight excluding hydrogens is 328 g/mol. The van der Waals surface area contributed by atoms with Crippen molar-refractivity contribution in [3.05, 3.63) is 54.1 Å². The average Bonchev–Trinajstić information content (AvgIpc) is 2.60. The molecule has 2 rings (SSSR count). The van der Waals surface area contributed by atoms with E-state index in [4.69, 9.17) is 4.74 Å². The van der Waals surface area contributed by atoms with Crippen molar-refractivity contribution < 1.29 is 17.9 Å². The number of hydrogen-bond acceptors (Lipinski definition) is 4. The SMILES string of the molecule is CCCNS(=O)(=O)c1ccc(OC)c(NC(=O)c2ccccc2)c1. The Bertz CT molecular complexity index is 805. The summed E-state index contributed by atoms with van der Waals surface area (Å²) < 4.78 is 32.2. The number of carbonyl (C=O) groups is 1. The molecule has 6 nitrogen and oxygen atoms in total. The second-order valence-electron chi connectivity index (χ2n) is 5.08. The number of anilines is 1. The van der Waals surface area contributed by atoms with Crippen LogP contribution >= 0.6 is 0 Å². The number of rotatable bonds is 7. The molecule has 1 amide bonds. The predicted octanol–water partition coefficient (Wildman–Crippen LogP) is 2.64. The number of benzene rings is 2. The fraction of sp³-hybridized carbons (Fsp3) is 0.235. The smallest absolute Gasteiger partial charge is 0.255 e. The summed E-state index contributed by atoms with van der Waals surface area (Å²) in [5.74, 6) is 0.0405. The van der Waals surface area contributed by atoms with Gasteiger partial charge in [0.05, 0.1) is 17.7 Å². The maximum Gasteiger partial charge on any atom is 0.255 e. The maximum absolute atomic E-state index is 12.3. The Morgan fingerprint density at radius 3 is 2.46 bits per heavy atom. The lowest BCUT2D eigenvalue weighted by Crippen LogP contribution is -2.24. The molecule has 0 saturated carbocycles. The summed E-state index contributed by atoms with van der Waals surface area (Å²) in [6, 6.07) is 13.0. The molecule has 0 aliphatic heterocycles. The van der Waals surface area contributed by atoms with Crippen LogP contribution in [-0.4, -0.2) is 28.0 Å². The van der Waals surface area contributed by atoms with Gasteiger partial charge in [-0.3, -0.25) is 4.79 Å². The maximum atomic E-state index is 12.3. The highest BCUT2D eigenvalue weighted by atomic mass is 32.2. The van der Waals surface area contributed by atoms with E-state index < -0.39 is 10.0 Å². The van der Waals surface area contributed by atoms with Gasteiger partial charge in [0.15, 0.2) is 0 Å². The summed E-state index contributed by atoms with van der Waals surface area (Å²) in [5.41, 5.74) is 0.766. The van der Waals surface area contributed by atoms with Gasteiger partial charge < -0.3 is 10.1 Å². The molecule has 0 radical (unpaired) electrons. The molecule has 0 heterocycles. The van der Waals surface area contributed by atoms with Crippen molar-refractivity contribution in [3.63, 3.8) is 0 Å². The van der Waals surface area contributed by atoms with Gasteiger partial charge in [0.1, 0.15) is 5.75 Å². The van der Waals surface area contributed by atoms with Crippen molar-refractivity contribution >= 4 is 21.6 Å². The topological polar surface area (TPSA) is 84.5 Å². The number of methoxy groups -OCH3 is 1. The first-order chi connectivity index (χ1) is 11.5. The number of hydrogen-bond donors (Lipinski definition) is 2. The zero-order chi connectivity index (χ0) is 17.6. The summed E-state index contributed by atoms with van der Waals surface area (Å²) in [6.07, 6.45) is 0.687. The van der Waals surface area contributed by atoms with Crippen LogP contribution < -0.4 is 14.8 Å². The second-order valence-corrected chi connectivity index (χ2v) is 6.85. The Morgan fingerprint density at radius 2 is 1.83 bits per heavy atom. The Kier molecular flexibility index (Phi) is 5.94. The Balaban J connectivity index is 2.31. The number of ether oxygens (including phenoxy) is 1. The minimum Gasteiger partial charge on any atom is -0.495 e. The minimum absolute atomic E-state index is 0.0695. The van der Waals surface area contributed by atoms with Crippen LogP contribution in [0.5, 0.6) is 5.75 Å². The molecule has 24 heavy (non-hydrogen) atoms. The molecule has 0 spiro atoms. The van der Waals surface area contributed by atoms with E-state index in [-0.39, 0.29) is 10.8 Å². The fourth-order valence-electron chi connectivity index (χ4n) is 2.06. The third-order valence-electron chi connectivity index (χ3n) is 3.31. The molecule has 7 heteroatoms. The lowest BCUT2D eigenvalue weighted by atomic mass is 10.2. The van der Waals surface area contributed by atoms with Gasteiger partial charge in [0.2, 0.25) is 10.0 Å². The van der Waals surface area contributed by atoms with Crippen LogP contribution in [0.15, 0.2) is 53.4 Å². The Labute approximate surface area is 141 Å². The Hall–Kier alpha value is -2.38. The van der Waals surface area contributed by atoms with E-state index in [2.05, 4.69) is 10.0 Å². The van der Waals surface area contributed by atoms with Crippen LogP contribution in [0.2, 0.25) is 0 Å². The van der Waals surface area contributed by atoms with Crippen molar-refractivity contribution in [1.29, 1.82) is 0 Å². The summed E-state index contributed by atoms with van der Waals surface area (Å²) in [5, 5.41) is 2.69. The molecule has 2 aromatic rings. The predicted molar refractivity (Wildman–Crippen MR) is 92.9 cm³/mol. The molecule has 2 aromatic carbocycles. The minimum atomic E-state index is -3.63. The number of sulfonamides is 1. The monoisotopic (exact) mass is 348 g/mol. The molecule has 0 aliphatic carbocycles. The van der Waals surface area contributed by atoms with E-state index in [1.807, 2.05) is 13.0 Å². The zero-order valence-corrected chi connectivity index (χ0v) is 14.4. The van der Waals surface area contributed by atoms with Gasteiger partial charge in [-0.25, -0.2) is 13.1 Å². The van der Waals surface area contributed by atoms with E-state index in [1.54, 1.807) is 24.3 Å². The highest BCUT2D eigenvalue weighted by Gasteiger charge is 2.17. The van der Waals surface area contributed by atoms with Gasteiger partial charge >= 0.3 is 0 Å². The summed E-state index contributed by atoms with van der Waals surface area (Å²) >= 11 is 0. The molecule has 0 aromatic heterocycles. The highest BCUT2D eigenvalue weighted by molar-refractivity contribution is 7.89. The molecule has 0 atom stereocenters. The number of carbonyl (C=O) groups excluding carboxylic acids is 1. The first-order valence-corrected chi connectivity index (χ1v) is 9.00. The number of nitrogens with one attached hydrogen (secondary N) is 2. The fourth-order valence-corrected chi connectivity index (χ4v) is 3.22.